The highest BCUT2D eigenvalue weighted by Gasteiger charge is 2.31. The lowest BCUT2D eigenvalue weighted by Gasteiger charge is -2.34. The third kappa shape index (κ3) is 7.00. The minimum Gasteiger partial charge on any atom is -0.385 e. The molecule has 3 N–H and O–H groups in total. The predicted molar refractivity (Wildman–Crippen MR) is 65.6 cm³/mol. The van der Waals surface area contributed by atoms with E-state index in [-0.39, 0.29) is 13.0 Å². The molecule has 0 aliphatic heterocycles. The van der Waals surface area contributed by atoms with E-state index in [4.69, 9.17) is 9.79 Å². The van der Waals surface area contributed by atoms with Gasteiger partial charge >= 0.3 is 7.82 Å². The number of rotatable bonds is 8. The standard InChI is InChI=1S/C10H20NO6P/c1-5-9(12)10(13)6-8(11(2,3)4)7-17-18(14,15)16/h5,8,10,13H,1,6-7H2,2-4H3,(H-,14,15,16)/p+1. The summed E-state index contributed by atoms with van der Waals surface area (Å²) in [7, 11) is 0.770. The van der Waals surface area contributed by atoms with Gasteiger partial charge in [-0.25, -0.2) is 4.57 Å². The highest BCUT2D eigenvalue weighted by molar-refractivity contribution is 7.46. The number of aliphatic hydroxyl groups is 1. The van der Waals surface area contributed by atoms with Crippen LogP contribution in [0.4, 0.5) is 0 Å². The van der Waals surface area contributed by atoms with Crippen molar-refractivity contribution in [1.82, 2.24) is 0 Å². The van der Waals surface area contributed by atoms with E-state index < -0.39 is 25.8 Å². The van der Waals surface area contributed by atoms with Crippen LogP contribution in [-0.4, -0.2) is 65.1 Å². The molecule has 2 unspecified atom stereocenters. The summed E-state index contributed by atoms with van der Waals surface area (Å²) in [5, 5.41) is 9.60. The Morgan fingerprint density at radius 1 is 1.44 bits per heavy atom. The lowest BCUT2D eigenvalue weighted by molar-refractivity contribution is -0.896. The van der Waals surface area contributed by atoms with E-state index in [1.807, 2.05) is 0 Å². The first-order valence-electron chi connectivity index (χ1n) is 5.33. The maximum Gasteiger partial charge on any atom is 0.469 e. The number of carbonyl (C=O) groups is 1. The normalized spacial score (nSPS) is 16.1. The first kappa shape index (κ1) is 17.4. The summed E-state index contributed by atoms with van der Waals surface area (Å²) in [4.78, 5) is 28.5. The third-order valence-electron chi connectivity index (χ3n) is 2.56. The Labute approximate surface area is 107 Å². The molecule has 0 saturated heterocycles. The maximum atomic E-state index is 11.2. The van der Waals surface area contributed by atoms with Crippen LogP contribution in [0.2, 0.25) is 0 Å². The van der Waals surface area contributed by atoms with Crippen molar-refractivity contribution in [1.29, 1.82) is 0 Å². The molecule has 0 aliphatic rings. The fourth-order valence-corrected chi connectivity index (χ4v) is 1.67. The Balaban J connectivity index is 4.66. The monoisotopic (exact) mass is 282 g/mol. The number of hydrogen-bond acceptors (Lipinski definition) is 4. The quantitative estimate of drug-likeness (QED) is 0.320. The van der Waals surface area contributed by atoms with Gasteiger partial charge in [0, 0.05) is 6.42 Å². The highest BCUT2D eigenvalue weighted by atomic mass is 31.2. The summed E-state index contributed by atoms with van der Waals surface area (Å²) in [6.07, 6.45) is -0.194. The van der Waals surface area contributed by atoms with E-state index >= 15 is 0 Å². The number of likely N-dealkylation sites (N-methyl/N-ethyl adjacent to an activating group) is 1. The molecular weight excluding hydrogens is 261 g/mol. The van der Waals surface area contributed by atoms with Crippen LogP contribution < -0.4 is 0 Å². The molecular formula is C10H21NO6P+. The van der Waals surface area contributed by atoms with Gasteiger partial charge < -0.3 is 19.4 Å². The molecule has 0 aliphatic carbocycles. The number of phosphoric acid groups is 1. The third-order valence-corrected chi connectivity index (χ3v) is 3.04. The molecule has 0 aromatic carbocycles. The number of quaternary nitrogens is 1. The number of hydrogen-bond donors (Lipinski definition) is 3. The first-order chi connectivity index (χ1) is 7.97. The molecule has 0 aromatic rings. The summed E-state index contributed by atoms with van der Waals surface area (Å²) >= 11 is 0. The smallest absolute Gasteiger partial charge is 0.385 e. The van der Waals surface area contributed by atoms with Crippen LogP contribution in [-0.2, 0) is 13.9 Å². The van der Waals surface area contributed by atoms with E-state index in [2.05, 4.69) is 11.1 Å². The van der Waals surface area contributed by atoms with Crippen LogP contribution >= 0.6 is 7.82 Å². The minimum absolute atomic E-state index is 0.0361. The Kier molecular flexibility index (Phi) is 6.36. The summed E-state index contributed by atoms with van der Waals surface area (Å²) in [6.45, 7) is 3.01. The van der Waals surface area contributed by atoms with Crippen LogP contribution in [0.3, 0.4) is 0 Å². The van der Waals surface area contributed by atoms with Crippen molar-refractivity contribution in [3.63, 3.8) is 0 Å². The molecule has 0 rings (SSSR count). The fraction of sp³-hybridized carbons (Fsp3) is 0.700. The lowest BCUT2D eigenvalue weighted by Crippen LogP contribution is -2.49. The summed E-state index contributed by atoms with van der Waals surface area (Å²) in [6, 6.07) is -0.434. The van der Waals surface area contributed by atoms with Gasteiger partial charge in [0.15, 0.2) is 5.78 Å². The molecule has 7 nitrogen and oxygen atoms in total. The van der Waals surface area contributed by atoms with Crippen LogP contribution in [0.15, 0.2) is 12.7 Å². The Morgan fingerprint density at radius 3 is 2.28 bits per heavy atom. The molecule has 0 amide bonds. The van der Waals surface area contributed by atoms with E-state index in [1.54, 1.807) is 21.1 Å². The van der Waals surface area contributed by atoms with Gasteiger partial charge in [0.25, 0.3) is 0 Å². The van der Waals surface area contributed by atoms with Crippen LogP contribution in [0.1, 0.15) is 6.42 Å². The van der Waals surface area contributed by atoms with E-state index in [9.17, 15) is 14.5 Å². The van der Waals surface area contributed by atoms with Crippen molar-refractivity contribution < 1.29 is 33.3 Å². The van der Waals surface area contributed by atoms with Crippen LogP contribution in [0.5, 0.6) is 0 Å². The average Bonchev–Trinajstić information content (AvgIpc) is 2.19. The lowest BCUT2D eigenvalue weighted by atomic mass is 10.0. The zero-order valence-electron chi connectivity index (χ0n) is 10.8. The van der Waals surface area contributed by atoms with Crippen molar-refractivity contribution >= 4 is 13.6 Å². The summed E-state index contributed by atoms with van der Waals surface area (Å²) in [5.74, 6) is -0.523. The van der Waals surface area contributed by atoms with Gasteiger partial charge in [-0.2, -0.15) is 0 Å². The number of aliphatic hydroxyl groups excluding tert-OH is 1. The number of carbonyl (C=O) groups excluding carboxylic acids is 1. The van der Waals surface area contributed by atoms with Crippen molar-refractivity contribution in [2.75, 3.05) is 27.7 Å². The van der Waals surface area contributed by atoms with Gasteiger partial charge in [-0.1, -0.05) is 6.58 Å². The van der Waals surface area contributed by atoms with E-state index in [0.29, 0.717) is 4.48 Å². The molecule has 8 heteroatoms. The van der Waals surface area contributed by atoms with Crippen molar-refractivity contribution in [3.05, 3.63) is 12.7 Å². The summed E-state index contributed by atoms with van der Waals surface area (Å²) in [5.41, 5.74) is 0. The zero-order valence-corrected chi connectivity index (χ0v) is 11.7. The van der Waals surface area contributed by atoms with Crippen LogP contribution in [0.25, 0.3) is 0 Å². The zero-order chi connectivity index (χ0) is 14.6. The SMILES string of the molecule is C=CC(=O)C(O)CC(COP(=O)(O)O)[N+](C)(C)C. The van der Waals surface area contributed by atoms with Gasteiger partial charge in [0.2, 0.25) is 0 Å². The predicted octanol–water partition coefficient (Wildman–Crippen LogP) is -0.323. The largest absolute Gasteiger partial charge is 0.469 e. The molecule has 2 atom stereocenters. The van der Waals surface area contributed by atoms with Crippen molar-refractivity contribution in [2.24, 2.45) is 0 Å². The first-order valence-corrected chi connectivity index (χ1v) is 6.86. The second kappa shape index (κ2) is 6.56. The van der Waals surface area contributed by atoms with E-state index in [0.717, 1.165) is 6.08 Å². The van der Waals surface area contributed by atoms with Crippen LogP contribution in [0, 0.1) is 0 Å². The minimum atomic E-state index is -4.56. The molecule has 0 aromatic heterocycles. The average molecular weight is 282 g/mol. The van der Waals surface area contributed by atoms with Crippen molar-refractivity contribution in [2.45, 2.75) is 18.6 Å². The van der Waals surface area contributed by atoms with Gasteiger partial charge in [0.05, 0.1) is 21.1 Å². The van der Waals surface area contributed by atoms with Gasteiger partial charge in [-0.3, -0.25) is 9.32 Å². The molecule has 0 radical (unpaired) electrons. The molecule has 0 heterocycles. The molecule has 0 bridgehead atoms. The number of ketones is 1. The van der Waals surface area contributed by atoms with Crippen molar-refractivity contribution in [3.8, 4) is 0 Å². The number of nitrogens with zero attached hydrogens (tertiary/aromatic N) is 1. The fourth-order valence-electron chi connectivity index (χ4n) is 1.30. The summed E-state index contributed by atoms with van der Waals surface area (Å²) < 4.78 is 15.4. The second-order valence-electron chi connectivity index (χ2n) is 4.91. The Bertz CT molecular complexity index is 345. The maximum absolute atomic E-state index is 11.2. The highest BCUT2D eigenvalue weighted by Crippen LogP contribution is 2.36. The molecule has 0 saturated carbocycles. The Morgan fingerprint density at radius 2 is 1.94 bits per heavy atom. The van der Waals surface area contributed by atoms with E-state index in [1.165, 1.54) is 0 Å². The Hall–Kier alpha value is -0.560. The number of phosphoric ester groups is 1. The molecule has 106 valence electrons. The second-order valence-corrected chi connectivity index (χ2v) is 6.15. The van der Waals surface area contributed by atoms with Gasteiger partial charge in [0.1, 0.15) is 18.8 Å². The van der Waals surface area contributed by atoms with Gasteiger partial charge in [-0.15, -0.1) is 0 Å². The topological polar surface area (TPSA) is 104 Å². The molecule has 18 heavy (non-hydrogen) atoms. The van der Waals surface area contributed by atoms with Gasteiger partial charge in [-0.05, 0) is 6.08 Å². The molecule has 0 fully saturated rings. The molecule has 0 spiro atoms.